The normalized spacial score (nSPS) is 13.6. The number of aryl methyl sites for hydroxylation is 1. The second kappa shape index (κ2) is 10.2. The molecule has 1 saturated carbocycles. The first-order chi connectivity index (χ1) is 18.5. The smallest absolute Gasteiger partial charge is 0.382 e. The second-order valence-corrected chi connectivity index (χ2v) is 9.82. The van der Waals surface area contributed by atoms with Crippen molar-refractivity contribution in [2.45, 2.75) is 38.8 Å². The van der Waals surface area contributed by atoms with Crippen LogP contribution in [0.1, 0.15) is 52.9 Å². The minimum atomic E-state index is -4.37. The van der Waals surface area contributed by atoms with Gasteiger partial charge in [-0.05, 0) is 61.6 Å². The Morgan fingerprint density at radius 2 is 1.87 bits per heavy atom. The van der Waals surface area contributed by atoms with Gasteiger partial charge in [-0.25, -0.2) is 18.3 Å². The first-order valence-electron chi connectivity index (χ1n) is 12.5. The number of alkyl halides is 3. The van der Waals surface area contributed by atoms with E-state index < -0.39 is 30.8 Å². The van der Waals surface area contributed by atoms with Crippen molar-refractivity contribution in [3.8, 4) is 11.3 Å². The quantitative estimate of drug-likeness (QED) is 0.178. The summed E-state index contributed by atoms with van der Waals surface area (Å²) in [7, 11) is 0. The lowest BCUT2D eigenvalue weighted by molar-refractivity contribution is -0.131. The van der Waals surface area contributed by atoms with E-state index in [2.05, 4.69) is 22.0 Å². The van der Waals surface area contributed by atoms with E-state index >= 15 is 0 Å². The van der Waals surface area contributed by atoms with Gasteiger partial charge in [0.2, 0.25) is 0 Å². The van der Waals surface area contributed by atoms with Crippen molar-refractivity contribution in [3.05, 3.63) is 89.3 Å². The Labute approximate surface area is 221 Å². The molecule has 1 fully saturated rings. The molecule has 2 aromatic carbocycles. The van der Waals surface area contributed by atoms with Crippen molar-refractivity contribution in [2.75, 3.05) is 11.9 Å². The number of rotatable bonds is 9. The van der Waals surface area contributed by atoms with Gasteiger partial charge in [0, 0.05) is 35.2 Å². The second-order valence-electron chi connectivity index (χ2n) is 9.82. The third kappa shape index (κ3) is 5.84. The molecule has 10 heteroatoms. The molecule has 5 nitrogen and oxygen atoms in total. The Bertz CT molecular complexity index is 1590. The molecule has 0 spiro atoms. The Balaban J connectivity index is 1.57. The first-order valence-corrected chi connectivity index (χ1v) is 12.5. The van der Waals surface area contributed by atoms with Crippen LogP contribution in [0.25, 0.3) is 22.5 Å². The number of hydrogen-bond donors (Lipinski definition) is 1. The number of imidazole rings is 1. The van der Waals surface area contributed by atoms with Gasteiger partial charge in [0.1, 0.15) is 11.6 Å². The zero-order valence-corrected chi connectivity index (χ0v) is 21.1. The highest BCUT2D eigenvalue weighted by molar-refractivity contribution is 5.98. The molecule has 1 N–H and O–H groups in total. The Hall–Kier alpha value is -4.08. The number of carbonyl (C=O) groups is 1. The molecular weight excluding hydrogens is 515 g/mol. The topological polar surface area (TPSA) is 59.3 Å². The number of ketones is 1. The maximum atomic E-state index is 14.5. The highest BCUT2D eigenvalue weighted by Gasteiger charge is 2.27. The molecular formula is C29H25F5N4O. The highest BCUT2D eigenvalue weighted by Crippen LogP contribution is 2.35. The molecule has 2 aromatic heterocycles. The van der Waals surface area contributed by atoms with Crippen molar-refractivity contribution in [1.29, 1.82) is 0 Å². The number of nitrogens with one attached hydrogen (secondary N) is 1. The van der Waals surface area contributed by atoms with E-state index in [9.17, 15) is 26.7 Å². The summed E-state index contributed by atoms with van der Waals surface area (Å²) in [5.41, 5.74) is 3.10. The van der Waals surface area contributed by atoms with Gasteiger partial charge in [0.15, 0.2) is 11.4 Å². The van der Waals surface area contributed by atoms with Gasteiger partial charge in [0.05, 0.1) is 29.7 Å². The van der Waals surface area contributed by atoms with Crippen LogP contribution < -0.4 is 5.32 Å². The fraction of sp³-hybridized carbons (Fsp3) is 0.276. The van der Waals surface area contributed by atoms with E-state index in [0.717, 1.165) is 36.6 Å². The van der Waals surface area contributed by atoms with Crippen molar-refractivity contribution in [2.24, 2.45) is 5.92 Å². The summed E-state index contributed by atoms with van der Waals surface area (Å²) < 4.78 is 68.3. The van der Waals surface area contributed by atoms with Gasteiger partial charge in [-0.3, -0.25) is 4.79 Å². The number of fused-ring (bicyclic) bond motifs is 1. The number of halogens is 5. The van der Waals surface area contributed by atoms with E-state index in [1.165, 1.54) is 16.8 Å². The van der Waals surface area contributed by atoms with Crippen molar-refractivity contribution in [3.63, 3.8) is 0 Å². The number of Topliss-reactive ketones (excluding diaryl/α,β-unsaturated/α-hetero) is 1. The zero-order chi connectivity index (χ0) is 27.9. The summed E-state index contributed by atoms with van der Waals surface area (Å²) in [6.45, 7) is 5.29. The molecule has 0 radical (unpaired) electrons. The number of aromatic nitrogens is 3. The number of hydrogen-bond acceptors (Lipinski definition) is 4. The fourth-order valence-electron chi connectivity index (χ4n) is 4.48. The Kier molecular flexibility index (Phi) is 6.96. The molecule has 0 atom stereocenters. The predicted molar refractivity (Wildman–Crippen MR) is 138 cm³/mol. The van der Waals surface area contributed by atoms with Crippen molar-refractivity contribution in [1.82, 2.24) is 14.6 Å². The minimum absolute atomic E-state index is 0.0459. The number of benzene rings is 2. The predicted octanol–water partition coefficient (Wildman–Crippen LogP) is 7.39. The van der Waals surface area contributed by atoms with E-state index in [-0.39, 0.29) is 33.9 Å². The van der Waals surface area contributed by atoms with Gasteiger partial charge in [-0.2, -0.15) is 18.3 Å². The molecule has 0 amide bonds. The van der Waals surface area contributed by atoms with Gasteiger partial charge in [-0.1, -0.05) is 18.7 Å². The van der Waals surface area contributed by atoms with Gasteiger partial charge in [0.25, 0.3) is 0 Å². The highest BCUT2D eigenvalue weighted by atomic mass is 19.4. The molecule has 5 rings (SSSR count). The lowest BCUT2D eigenvalue weighted by atomic mass is 9.98. The molecule has 1 aliphatic carbocycles. The van der Waals surface area contributed by atoms with Gasteiger partial charge < -0.3 is 5.32 Å². The lowest BCUT2D eigenvalue weighted by Gasteiger charge is -2.14. The van der Waals surface area contributed by atoms with E-state index in [1.54, 1.807) is 12.1 Å². The van der Waals surface area contributed by atoms with Crippen molar-refractivity contribution < 1.29 is 26.7 Å². The fourth-order valence-corrected chi connectivity index (χ4v) is 4.48. The monoisotopic (exact) mass is 540 g/mol. The van der Waals surface area contributed by atoms with Crippen LogP contribution in [0.5, 0.6) is 0 Å². The van der Waals surface area contributed by atoms with Crippen LogP contribution >= 0.6 is 0 Å². The third-order valence-electron chi connectivity index (χ3n) is 6.75. The molecule has 0 aliphatic heterocycles. The summed E-state index contributed by atoms with van der Waals surface area (Å²) in [4.78, 5) is 17.0. The SMILES string of the molecule is C=C(c1cc(NCCC(F)(F)F)c2ncc(-c3ccc(C(=O)CC4CC4)c(C)c3)n2n1)c1cc(F)ccc1F. The summed E-state index contributed by atoms with van der Waals surface area (Å²) >= 11 is 0. The first kappa shape index (κ1) is 26.5. The molecule has 0 unspecified atom stereocenters. The Morgan fingerprint density at radius 3 is 2.56 bits per heavy atom. The average Bonchev–Trinajstić information content (AvgIpc) is 3.58. The Morgan fingerprint density at radius 1 is 1.10 bits per heavy atom. The van der Waals surface area contributed by atoms with Gasteiger partial charge in [-0.15, -0.1) is 0 Å². The number of nitrogens with zero attached hydrogens (tertiary/aromatic N) is 3. The van der Waals surface area contributed by atoms with E-state index in [1.807, 2.05) is 13.0 Å². The number of anilines is 1. The summed E-state index contributed by atoms with van der Waals surface area (Å²) in [5.74, 6) is -0.850. The summed E-state index contributed by atoms with van der Waals surface area (Å²) in [6.07, 6.45) is -1.27. The zero-order valence-electron chi connectivity index (χ0n) is 21.1. The molecule has 202 valence electrons. The van der Waals surface area contributed by atoms with Gasteiger partial charge >= 0.3 is 6.18 Å². The van der Waals surface area contributed by atoms with Crippen LogP contribution in [0.2, 0.25) is 0 Å². The van der Waals surface area contributed by atoms with Crippen LogP contribution in [0.4, 0.5) is 27.6 Å². The summed E-state index contributed by atoms with van der Waals surface area (Å²) in [5, 5.41) is 7.29. The lowest BCUT2D eigenvalue weighted by Crippen LogP contribution is -2.15. The van der Waals surface area contributed by atoms with E-state index in [4.69, 9.17) is 0 Å². The molecule has 4 aromatic rings. The molecule has 39 heavy (non-hydrogen) atoms. The largest absolute Gasteiger partial charge is 0.390 e. The van der Waals surface area contributed by atoms with Crippen LogP contribution in [-0.2, 0) is 0 Å². The summed E-state index contributed by atoms with van der Waals surface area (Å²) in [6, 6.07) is 9.69. The van der Waals surface area contributed by atoms with Crippen molar-refractivity contribution >= 4 is 22.7 Å². The molecule has 0 saturated heterocycles. The van der Waals surface area contributed by atoms with Crippen LogP contribution in [0, 0.1) is 24.5 Å². The standard InChI is InChI=1S/C29H25F5N4O/c1-16-11-19(5-7-21(16)27(39)12-18-3-4-18)26-15-36-28-25(35-10-9-29(32,33)34)14-24(37-38(26)28)17(2)22-13-20(30)6-8-23(22)31/h5-8,11,13-15,18,35H,2-4,9-10,12H2,1H3. The maximum absolute atomic E-state index is 14.5. The van der Waals surface area contributed by atoms with E-state index in [0.29, 0.717) is 29.2 Å². The number of carbonyl (C=O) groups excluding carboxylic acids is 1. The third-order valence-corrected chi connectivity index (χ3v) is 6.75. The molecule has 0 bridgehead atoms. The van der Waals surface area contributed by atoms with Crippen LogP contribution in [0.15, 0.2) is 55.2 Å². The molecule has 1 aliphatic rings. The maximum Gasteiger partial charge on any atom is 0.390 e. The average molecular weight is 541 g/mol. The minimum Gasteiger partial charge on any atom is -0.382 e. The van der Waals surface area contributed by atoms with Crippen LogP contribution in [0.3, 0.4) is 0 Å². The molecule has 2 heterocycles. The van der Waals surface area contributed by atoms with Crippen LogP contribution in [-0.4, -0.2) is 33.1 Å².